The van der Waals surface area contributed by atoms with Gasteiger partial charge in [-0.2, -0.15) is 5.10 Å². The van der Waals surface area contributed by atoms with Crippen molar-refractivity contribution < 1.29 is 4.79 Å². The van der Waals surface area contributed by atoms with E-state index in [0.29, 0.717) is 24.3 Å². The lowest BCUT2D eigenvalue weighted by Gasteiger charge is -2.30. The van der Waals surface area contributed by atoms with Crippen LogP contribution in [0.15, 0.2) is 48.5 Å². The first-order valence-electron chi connectivity index (χ1n) is 11.8. The molecule has 0 bridgehead atoms. The quantitative estimate of drug-likeness (QED) is 0.469. The summed E-state index contributed by atoms with van der Waals surface area (Å²) in [7, 11) is 0. The van der Waals surface area contributed by atoms with Gasteiger partial charge in [0.05, 0.1) is 0 Å². The fourth-order valence-corrected chi connectivity index (χ4v) is 4.50. The Morgan fingerprint density at radius 3 is 2.61 bits per heavy atom. The summed E-state index contributed by atoms with van der Waals surface area (Å²) in [6.07, 6.45) is 2.93. The second-order valence-electron chi connectivity index (χ2n) is 9.18. The van der Waals surface area contributed by atoms with Gasteiger partial charge in [-0.25, -0.2) is 0 Å². The molecule has 174 valence electrons. The van der Waals surface area contributed by atoms with Gasteiger partial charge in [-0.3, -0.25) is 19.4 Å². The van der Waals surface area contributed by atoms with Crippen molar-refractivity contribution in [1.29, 1.82) is 0 Å². The molecule has 0 saturated carbocycles. The number of piperidine rings is 1. The summed E-state index contributed by atoms with van der Waals surface area (Å²) in [6, 6.07) is 16.7. The normalized spacial score (nSPS) is 15.0. The molecule has 0 atom stereocenters. The zero-order chi connectivity index (χ0) is 23.2. The molecule has 7 heteroatoms. The van der Waals surface area contributed by atoms with Crippen LogP contribution in [0.5, 0.6) is 0 Å². The van der Waals surface area contributed by atoms with Crippen LogP contribution in [0.3, 0.4) is 0 Å². The molecule has 0 unspecified atom stereocenters. The number of H-pyrrole nitrogens is 1. The summed E-state index contributed by atoms with van der Waals surface area (Å²) in [4.78, 5) is 15.0. The second kappa shape index (κ2) is 10.9. The monoisotopic (exact) mass is 463 g/mol. The van der Waals surface area contributed by atoms with Crippen molar-refractivity contribution in [3.8, 4) is 11.4 Å². The van der Waals surface area contributed by atoms with Gasteiger partial charge in [0.2, 0.25) is 5.91 Å². The summed E-state index contributed by atoms with van der Waals surface area (Å²) in [5.41, 5.74) is 4.58. The number of hydrogen-bond acceptors (Lipinski definition) is 4. The van der Waals surface area contributed by atoms with E-state index in [1.165, 1.54) is 31.5 Å². The average molecular weight is 464 g/mol. The molecule has 1 amide bonds. The minimum absolute atomic E-state index is 0.000180. The summed E-state index contributed by atoms with van der Waals surface area (Å²) in [6.45, 7) is 8.78. The molecule has 0 spiro atoms. The average Bonchev–Trinajstić information content (AvgIpc) is 3.19. The predicted octanol–water partition coefficient (Wildman–Crippen LogP) is 4.85. The highest BCUT2D eigenvalue weighted by molar-refractivity contribution is 7.71. The molecule has 1 fully saturated rings. The first-order chi connectivity index (χ1) is 16.0. The number of aryl methyl sites for hydroxylation is 1. The first kappa shape index (κ1) is 23.4. The lowest BCUT2D eigenvalue weighted by molar-refractivity contribution is -0.121. The van der Waals surface area contributed by atoms with Crippen LogP contribution in [0.2, 0.25) is 0 Å². The molecular formula is C26H33N5OS. The number of carbonyl (C=O) groups is 1. The van der Waals surface area contributed by atoms with E-state index < -0.39 is 0 Å². The smallest absolute Gasteiger partial charge is 0.222 e. The third-order valence-electron chi connectivity index (χ3n) is 6.39. The zero-order valence-electron chi connectivity index (χ0n) is 19.5. The minimum Gasteiger partial charge on any atom is -0.352 e. The lowest BCUT2D eigenvalue weighted by atomic mass is 9.99. The number of nitrogens with one attached hydrogen (secondary N) is 2. The first-order valence-corrected chi connectivity index (χ1v) is 12.2. The van der Waals surface area contributed by atoms with Crippen molar-refractivity contribution in [3.05, 3.63) is 70.0 Å². The molecule has 33 heavy (non-hydrogen) atoms. The Hall–Kier alpha value is -2.77. The molecule has 2 aromatic carbocycles. The van der Waals surface area contributed by atoms with Gasteiger partial charge in [0.1, 0.15) is 0 Å². The largest absolute Gasteiger partial charge is 0.352 e. The summed E-state index contributed by atoms with van der Waals surface area (Å²) in [5, 5.41) is 10.2. The number of nitrogens with zero attached hydrogens (tertiary/aromatic N) is 3. The van der Waals surface area contributed by atoms with Crippen molar-refractivity contribution in [2.75, 3.05) is 13.1 Å². The van der Waals surface area contributed by atoms with Gasteiger partial charge < -0.3 is 5.32 Å². The molecule has 2 N–H and O–H groups in total. The molecule has 1 aromatic heterocycles. The number of aromatic amines is 1. The summed E-state index contributed by atoms with van der Waals surface area (Å²) >= 11 is 5.39. The van der Waals surface area contributed by atoms with Gasteiger partial charge in [0.25, 0.3) is 0 Å². The molecule has 1 saturated heterocycles. The van der Waals surface area contributed by atoms with Gasteiger partial charge in [-0.05, 0) is 68.2 Å². The molecule has 4 rings (SSSR count). The van der Waals surface area contributed by atoms with Crippen LogP contribution in [-0.2, 0) is 24.4 Å². The van der Waals surface area contributed by atoms with Gasteiger partial charge in [-0.1, -0.05) is 55.0 Å². The number of benzene rings is 2. The molecule has 3 aromatic rings. The Labute approximate surface area is 201 Å². The number of rotatable bonds is 8. The fourth-order valence-electron chi connectivity index (χ4n) is 4.27. The molecule has 0 aliphatic carbocycles. The van der Waals surface area contributed by atoms with Gasteiger partial charge in [0, 0.05) is 31.6 Å². The van der Waals surface area contributed by atoms with E-state index in [1.807, 2.05) is 29.7 Å². The van der Waals surface area contributed by atoms with Crippen LogP contribution in [0, 0.1) is 17.6 Å². The van der Waals surface area contributed by atoms with Crippen LogP contribution in [0.25, 0.3) is 11.4 Å². The van der Waals surface area contributed by atoms with E-state index in [4.69, 9.17) is 12.2 Å². The van der Waals surface area contributed by atoms with Crippen molar-refractivity contribution >= 4 is 18.1 Å². The molecule has 6 nitrogen and oxygen atoms in total. The highest BCUT2D eigenvalue weighted by Crippen LogP contribution is 2.20. The Morgan fingerprint density at radius 1 is 1.15 bits per heavy atom. The number of carbonyl (C=O) groups excluding carboxylic acids is 1. The molecule has 0 radical (unpaired) electrons. The predicted molar refractivity (Wildman–Crippen MR) is 134 cm³/mol. The maximum absolute atomic E-state index is 12.5. The maximum atomic E-state index is 12.5. The summed E-state index contributed by atoms with van der Waals surface area (Å²) < 4.78 is 2.41. The van der Waals surface area contributed by atoms with Crippen LogP contribution < -0.4 is 5.32 Å². The Morgan fingerprint density at radius 2 is 1.88 bits per heavy atom. The maximum Gasteiger partial charge on any atom is 0.222 e. The van der Waals surface area contributed by atoms with Crippen molar-refractivity contribution in [3.63, 3.8) is 0 Å². The van der Waals surface area contributed by atoms with Crippen LogP contribution >= 0.6 is 12.2 Å². The Balaban J connectivity index is 1.26. The van der Waals surface area contributed by atoms with Crippen LogP contribution in [0.1, 0.15) is 42.9 Å². The third kappa shape index (κ3) is 6.39. The third-order valence-corrected chi connectivity index (χ3v) is 6.70. The highest BCUT2D eigenvalue weighted by Gasteiger charge is 2.15. The van der Waals surface area contributed by atoms with Gasteiger partial charge in [0.15, 0.2) is 10.6 Å². The minimum atomic E-state index is -0.000180. The molecule has 2 heterocycles. The molecule has 1 aliphatic heterocycles. The molecular weight excluding hydrogens is 430 g/mol. The number of hydrogen-bond donors (Lipinski definition) is 2. The topological polar surface area (TPSA) is 66.0 Å². The number of aromatic nitrogens is 3. The van der Waals surface area contributed by atoms with Gasteiger partial charge in [-0.15, -0.1) is 0 Å². The van der Waals surface area contributed by atoms with Crippen molar-refractivity contribution in [2.24, 2.45) is 5.92 Å². The van der Waals surface area contributed by atoms with E-state index >= 15 is 0 Å². The van der Waals surface area contributed by atoms with E-state index in [9.17, 15) is 4.79 Å². The standard InChI is InChI=1S/C26H33N5OS/c1-19-10-13-30(14-11-19)18-22-8-6-21(7-9-22)17-27-24(32)12-15-31-25(28-29-26(31)33)23-5-3-4-20(2)16-23/h3-9,16,19H,10-15,17-18H2,1-2H3,(H,27,32)(H,29,33). The van der Waals surface area contributed by atoms with E-state index in [0.717, 1.165) is 35.0 Å². The lowest BCUT2D eigenvalue weighted by Crippen LogP contribution is -2.32. The Bertz CT molecular complexity index is 1130. The fraction of sp³-hybridized carbons (Fsp3) is 0.423. The van der Waals surface area contributed by atoms with Crippen LogP contribution in [-0.4, -0.2) is 38.7 Å². The Kier molecular flexibility index (Phi) is 7.73. The van der Waals surface area contributed by atoms with Crippen molar-refractivity contribution in [2.45, 2.75) is 52.7 Å². The number of amides is 1. The highest BCUT2D eigenvalue weighted by atomic mass is 32.1. The second-order valence-corrected chi connectivity index (χ2v) is 9.56. The zero-order valence-corrected chi connectivity index (χ0v) is 20.3. The van der Waals surface area contributed by atoms with Gasteiger partial charge >= 0.3 is 0 Å². The van der Waals surface area contributed by atoms with Crippen molar-refractivity contribution in [1.82, 2.24) is 25.0 Å². The van der Waals surface area contributed by atoms with E-state index in [1.54, 1.807) is 0 Å². The van der Waals surface area contributed by atoms with Crippen LogP contribution in [0.4, 0.5) is 0 Å². The van der Waals surface area contributed by atoms with E-state index in [-0.39, 0.29) is 5.91 Å². The summed E-state index contributed by atoms with van der Waals surface area (Å²) in [5.74, 6) is 1.61. The van der Waals surface area contributed by atoms with E-state index in [2.05, 4.69) is 57.7 Å². The molecule has 1 aliphatic rings. The number of likely N-dealkylation sites (tertiary alicyclic amines) is 1. The SMILES string of the molecule is Cc1cccc(-c2n[nH]c(=S)n2CCC(=O)NCc2ccc(CN3CCC(C)CC3)cc2)c1.